The van der Waals surface area contributed by atoms with Crippen molar-refractivity contribution in [3.05, 3.63) is 51.7 Å². The molecule has 0 spiro atoms. The number of para-hydroxylation sites is 1. The molecule has 0 bridgehead atoms. The number of carbonyl (C=O) groups is 2. The zero-order chi connectivity index (χ0) is 14.5. The number of aryl methyl sites for hydroxylation is 1. The molecular formula is C15H15NO3S. The van der Waals surface area contributed by atoms with Gasteiger partial charge in [0, 0.05) is 0 Å². The molecule has 104 valence electrons. The lowest BCUT2D eigenvalue weighted by Gasteiger charge is -2.09. The van der Waals surface area contributed by atoms with E-state index in [-0.39, 0.29) is 5.91 Å². The highest BCUT2D eigenvalue weighted by molar-refractivity contribution is 7.12. The van der Waals surface area contributed by atoms with Crippen molar-refractivity contribution in [2.45, 2.75) is 13.3 Å². The van der Waals surface area contributed by atoms with Crippen LogP contribution in [0, 0.1) is 0 Å². The molecule has 1 N–H and O–H groups in total. The number of rotatable bonds is 4. The van der Waals surface area contributed by atoms with E-state index in [0.29, 0.717) is 16.1 Å². The van der Waals surface area contributed by atoms with Crippen LogP contribution in [0.4, 0.5) is 5.69 Å². The third kappa shape index (κ3) is 2.88. The Bertz CT molecular complexity index is 634. The Labute approximate surface area is 121 Å². The molecule has 0 radical (unpaired) electrons. The number of nitrogens with one attached hydrogen (secondary N) is 1. The second kappa shape index (κ2) is 6.34. The van der Waals surface area contributed by atoms with E-state index >= 15 is 0 Å². The Hall–Kier alpha value is -2.14. The Morgan fingerprint density at radius 1 is 1.25 bits per heavy atom. The normalized spacial score (nSPS) is 10.1. The first-order valence-corrected chi connectivity index (χ1v) is 7.10. The van der Waals surface area contributed by atoms with Crippen LogP contribution in [0.1, 0.15) is 32.5 Å². The van der Waals surface area contributed by atoms with Crippen molar-refractivity contribution in [2.75, 3.05) is 12.4 Å². The fourth-order valence-corrected chi connectivity index (χ4v) is 2.76. The predicted molar refractivity (Wildman–Crippen MR) is 79.4 cm³/mol. The van der Waals surface area contributed by atoms with Crippen molar-refractivity contribution in [2.24, 2.45) is 0 Å². The first-order valence-electron chi connectivity index (χ1n) is 6.22. The lowest BCUT2D eigenvalue weighted by molar-refractivity contribution is 0.0602. The molecule has 0 aliphatic rings. The first-order chi connectivity index (χ1) is 9.67. The van der Waals surface area contributed by atoms with Crippen molar-refractivity contribution in [3.63, 3.8) is 0 Å². The average Bonchev–Trinajstić information content (AvgIpc) is 2.95. The molecule has 2 aromatic rings. The highest BCUT2D eigenvalue weighted by atomic mass is 32.1. The number of hydrogen-bond donors (Lipinski definition) is 1. The molecular weight excluding hydrogens is 274 g/mol. The number of amides is 1. The Morgan fingerprint density at radius 2 is 2.00 bits per heavy atom. The molecule has 1 amide bonds. The largest absolute Gasteiger partial charge is 0.465 e. The second-order valence-corrected chi connectivity index (χ2v) is 5.04. The molecule has 0 atom stereocenters. The van der Waals surface area contributed by atoms with Gasteiger partial charge in [0.05, 0.1) is 23.2 Å². The number of esters is 1. The molecule has 5 heteroatoms. The van der Waals surface area contributed by atoms with E-state index in [2.05, 4.69) is 5.32 Å². The van der Waals surface area contributed by atoms with Gasteiger partial charge in [-0.05, 0) is 35.6 Å². The van der Waals surface area contributed by atoms with Gasteiger partial charge in [0.15, 0.2) is 0 Å². The molecule has 1 heterocycles. The average molecular weight is 289 g/mol. The molecule has 0 saturated heterocycles. The standard InChI is InChI=1S/C15H15NO3S/c1-3-10-8-9-20-13(10)14(17)16-12-7-5-4-6-11(12)15(18)19-2/h4-9H,3H2,1-2H3,(H,16,17). The SMILES string of the molecule is CCc1ccsc1C(=O)Nc1ccccc1C(=O)OC. The van der Waals surface area contributed by atoms with Gasteiger partial charge in [-0.15, -0.1) is 11.3 Å². The first kappa shape index (κ1) is 14.3. The predicted octanol–water partition coefficient (Wildman–Crippen LogP) is 3.35. The molecule has 0 aliphatic carbocycles. The maximum absolute atomic E-state index is 12.3. The van der Waals surface area contributed by atoms with Gasteiger partial charge >= 0.3 is 5.97 Å². The maximum Gasteiger partial charge on any atom is 0.339 e. The highest BCUT2D eigenvalue weighted by Gasteiger charge is 2.16. The summed E-state index contributed by atoms with van der Waals surface area (Å²) in [4.78, 5) is 24.6. The summed E-state index contributed by atoms with van der Waals surface area (Å²) >= 11 is 1.39. The molecule has 0 unspecified atom stereocenters. The molecule has 0 aliphatic heterocycles. The van der Waals surface area contributed by atoms with Crippen LogP contribution in [0.3, 0.4) is 0 Å². The summed E-state index contributed by atoms with van der Waals surface area (Å²) in [6, 6.07) is 8.73. The number of methoxy groups -OCH3 is 1. The maximum atomic E-state index is 12.3. The molecule has 0 saturated carbocycles. The summed E-state index contributed by atoms with van der Waals surface area (Å²) in [6.45, 7) is 2.00. The fraction of sp³-hybridized carbons (Fsp3) is 0.200. The zero-order valence-corrected chi connectivity index (χ0v) is 12.1. The van der Waals surface area contributed by atoms with E-state index in [0.717, 1.165) is 12.0 Å². The van der Waals surface area contributed by atoms with Gasteiger partial charge in [-0.3, -0.25) is 4.79 Å². The summed E-state index contributed by atoms with van der Waals surface area (Å²) in [5, 5.41) is 4.66. The summed E-state index contributed by atoms with van der Waals surface area (Å²) in [6.07, 6.45) is 0.797. The molecule has 4 nitrogen and oxygen atoms in total. The van der Waals surface area contributed by atoms with Crippen molar-refractivity contribution >= 4 is 28.9 Å². The van der Waals surface area contributed by atoms with Crippen LogP contribution in [0.15, 0.2) is 35.7 Å². The van der Waals surface area contributed by atoms with E-state index in [1.54, 1.807) is 24.3 Å². The van der Waals surface area contributed by atoms with Crippen LogP contribution in [0.2, 0.25) is 0 Å². The van der Waals surface area contributed by atoms with Gasteiger partial charge in [0.1, 0.15) is 0 Å². The van der Waals surface area contributed by atoms with E-state index in [1.807, 2.05) is 18.4 Å². The Morgan fingerprint density at radius 3 is 2.70 bits per heavy atom. The monoisotopic (exact) mass is 289 g/mol. The zero-order valence-electron chi connectivity index (χ0n) is 11.3. The number of ether oxygens (including phenoxy) is 1. The van der Waals surface area contributed by atoms with Crippen LogP contribution >= 0.6 is 11.3 Å². The van der Waals surface area contributed by atoms with Crippen molar-refractivity contribution in [1.82, 2.24) is 0 Å². The van der Waals surface area contributed by atoms with Crippen LogP contribution in [-0.2, 0) is 11.2 Å². The smallest absolute Gasteiger partial charge is 0.339 e. The minimum atomic E-state index is -0.470. The summed E-state index contributed by atoms with van der Waals surface area (Å²) in [7, 11) is 1.31. The van der Waals surface area contributed by atoms with Gasteiger partial charge in [0.2, 0.25) is 0 Å². The third-order valence-electron chi connectivity index (χ3n) is 2.91. The van der Waals surface area contributed by atoms with Gasteiger partial charge in [-0.2, -0.15) is 0 Å². The Balaban J connectivity index is 2.26. The molecule has 20 heavy (non-hydrogen) atoms. The van der Waals surface area contributed by atoms with Gasteiger partial charge in [0.25, 0.3) is 5.91 Å². The second-order valence-electron chi connectivity index (χ2n) is 4.12. The fourth-order valence-electron chi connectivity index (χ4n) is 1.87. The minimum Gasteiger partial charge on any atom is -0.465 e. The van der Waals surface area contributed by atoms with Crippen LogP contribution in [0.5, 0.6) is 0 Å². The molecule has 2 rings (SSSR count). The van der Waals surface area contributed by atoms with E-state index in [1.165, 1.54) is 18.4 Å². The molecule has 1 aromatic heterocycles. The number of benzene rings is 1. The van der Waals surface area contributed by atoms with Crippen molar-refractivity contribution < 1.29 is 14.3 Å². The minimum absolute atomic E-state index is 0.201. The lowest BCUT2D eigenvalue weighted by atomic mass is 10.1. The van der Waals surface area contributed by atoms with E-state index in [4.69, 9.17) is 4.74 Å². The quantitative estimate of drug-likeness (QED) is 0.878. The third-order valence-corrected chi connectivity index (χ3v) is 3.87. The number of carbonyl (C=O) groups excluding carboxylic acids is 2. The van der Waals surface area contributed by atoms with Crippen LogP contribution in [-0.4, -0.2) is 19.0 Å². The van der Waals surface area contributed by atoms with Crippen LogP contribution in [0.25, 0.3) is 0 Å². The topological polar surface area (TPSA) is 55.4 Å². The van der Waals surface area contributed by atoms with Gasteiger partial charge < -0.3 is 10.1 Å². The molecule has 0 fully saturated rings. The van der Waals surface area contributed by atoms with E-state index < -0.39 is 5.97 Å². The van der Waals surface area contributed by atoms with Gasteiger partial charge in [-0.1, -0.05) is 19.1 Å². The number of anilines is 1. The summed E-state index contributed by atoms with van der Waals surface area (Å²) in [5.41, 5.74) is 1.81. The van der Waals surface area contributed by atoms with Crippen molar-refractivity contribution in [3.8, 4) is 0 Å². The summed E-state index contributed by atoms with van der Waals surface area (Å²) < 4.78 is 4.71. The summed E-state index contributed by atoms with van der Waals surface area (Å²) in [5.74, 6) is -0.670. The molecule has 1 aromatic carbocycles. The van der Waals surface area contributed by atoms with E-state index in [9.17, 15) is 9.59 Å². The van der Waals surface area contributed by atoms with Gasteiger partial charge in [-0.25, -0.2) is 4.79 Å². The van der Waals surface area contributed by atoms with Crippen LogP contribution < -0.4 is 5.32 Å². The Kier molecular flexibility index (Phi) is 4.53. The highest BCUT2D eigenvalue weighted by Crippen LogP contribution is 2.21. The number of hydrogen-bond acceptors (Lipinski definition) is 4. The lowest BCUT2D eigenvalue weighted by Crippen LogP contribution is -2.15. The number of thiophene rings is 1. The van der Waals surface area contributed by atoms with Crippen molar-refractivity contribution in [1.29, 1.82) is 0 Å².